The third-order valence-corrected chi connectivity index (χ3v) is 5.10. The van der Waals surface area contributed by atoms with Gasteiger partial charge in [-0.15, -0.1) is 0 Å². The molecule has 0 aliphatic carbocycles. The molecule has 1 aliphatic rings. The van der Waals surface area contributed by atoms with Gasteiger partial charge in [0.1, 0.15) is 4.32 Å². The predicted octanol–water partition coefficient (Wildman–Crippen LogP) is 5.14. The molecule has 2 aromatic rings. The fraction of sp³-hybridized carbons (Fsp3) is 0.200. The Morgan fingerprint density at radius 1 is 0.958 bits per heavy atom. The first-order valence-electron chi connectivity index (χ1n) is 7.79. The number of thiocarbonyl (C=S) groups is 1. The van der Waals surface area contributed by atoms with Crippen molar-refractivity contribution in [2.24, 2.45) is 0 Å². The van der Waals surface area contributed by atoms with Crippen LogP contribution in [0.3, 0.4) is 0 Å². The number of rotatable bonds is 2. The second kappa shape index (κ2) is 6.54. The molecule has 2 nitrogen and oxygen atoms in total. The van der Waals surface area contributed by atoms with Crippen molar-refractivity contribution in [3.05, 3.63) is 64.6 Å². The zero-order valence-electron chi connectivity index (χ0n) is 13.9. The van der Waals surface area contributed by atoms with Gasteiger partial charge in [-0.3, -0.25) is 4.79 Å². The maximum Gasteiger partial charge on any atom is 0.263 e. The smallest absolute Gasteiger partial charge is 0.263 e. The van der Waals surface area contributed by atoms with Crippen LogP contribution in [0.15, 0.2) is 53.4 Å². The molecule has 122 valence electrons. The molecule has 4 heteroatoms. The quantitative estimate of drug-likeness (QED) is 0.599. The lowest BCUT2D eigenvalue weighted by molar-refractivity contribution is -0.115. The molecule has 3 rings (SSSR count). The summed E-state index contributed by atoms with van der Waals surface area (Å²) in [5.41, 5.74) is 4.84. The molecule has 1 aliphatic heterocycles. The molecular formula is C20H19NOS2. The van der Waals surface area contributed by atoms with E-state index in [4.69, 9.17) is 12.2 Å². The molecule has 0 unspecified atom stereocenters. The highest BCUT2D eigenvalue weighted by Crippen LogP contribution is 2.28. The van der Waals surface area contributed by atoms with Gasteiger partial charge in [-0.1, -0.05) is 93.3 Å². The standard InChI is InChI=1S/C20H19NOS2/c1-20(2,3)16-10-8-15(9-11-16)14-6-4-13(5-7-14)12-17-18(22)21-19(23)24-17/h4-12H,1-3H3,(H,21,22,23). The largest absolute Gasteiger partial charge is 0.307 e. The molecule has 0 saturated carbocycles. The maximum absolute atomic E-state index is 11.7. The summed E-state index contributed by atoms with van der Waals surface area (Å²) in [7, 11) is 0. The van der Waals surface area contributed by atoms with Gasteiger partial charge in [0.25, 0.3) is 5.91 Å². The van der Waals surface area contributed by atoms with E-state index in [1.54, 1.807) is 0 Å². The van der Waals surface area contributed by atoms with Crippen molar-refractivity contribution in [2.45, 2.75) is 26.2 Å². The molecule has 1 amide bonds. The van der Waals surface area contributed by atoms with E-state index in [1.807, 2.05) is 18.2 Å². The van der Waals surface area contributed by atoms with Gasteiger partial charge in [0.05, 0.1) is 4.91 Å². The Morgan fingerprint density at radius 3 is 1.96 bits per heavy atom. The molecule has 0 atom stereocenters. The molecule has 1 saturated heterocycles. The summed E-state index contributed by atoms with van der Waals surface area (Å²) < 4.78 is 0.516. The van der Waals surface area contributed by atoms with Crippen molar-refractivity contribution in [3.63, 3.8) is 0 Å². The highest BCUT2D eigenvalue weighted by Gasteiger charge is 2.21. The number of amides is 1. The average Bonchev–Trinajstić information content (AvgIpc) is 2.85. The Morgan fingerprint density at radius 2 is 1.50 bits per heavy atom. The first-order valence-corrected chi connectivity index (χ1v) is 9.01. The van der Waals surface area contributed by atoms with Crippen LogP contribution in [0.4, 0.5) is 0 Å². The minimum Gasteiger partial charge on any atom is -0.307 e. The summed E-state index contributed by atoms with van der Waals surface area (Å²) in [6, 6.07) is 16.9. The number of hydrogen-bond donors (Lipinski definition) is 1. The van der Waals surface area contributed by atoms with Gasteiger partial charge in [0.15, 0.2) is 0 Å². The lowest BCUT2D eigenvalue weighted by Crippen LogP contribution is -2.17. The zero-order chi connectivity index (χ0) is 17.3. The Labute approximate surface area is 152 Å². The molecule has 1 N–H and O–H groups in total. The van der Waals surface area contributed by atoms with E-state index in [9.17, 15) is 4.79 Å². The van der Waals surface area contributed by atoms with Crippen LogP contribution in [0.5, 0.6) is 0 Å². The molecule has 2 aromatic carbocycles. The summed E-state index contributed by atoms with van der Waals surface area (Å²) >= 11 is 6.31. The summed E-state index contributed by atoms with van der Waals surface area (Å²) in [6.07, 6.45) is 1.87. The monoisotopic (exact) mass is 353 g/mol. The Hall–Kier alpha value is -1.91. The first-order chi connectivity index (χ1) is 11.3. The summed E-state index contributed by atoms with van der Waals surface area (Å²) in [6.45, 7) is 6.65. The highest BCUT2D eigenvalue weighted by atomic mass is 32.2. The van der Waals surface area contributed by atoms with Crippen molar-refractivity contribution in [1.82, 2.24) is 5.32 Å². The Bertz CT molecular complexity index is 812. The minimum absolute atomic E-state index is 0.119. The normalized spacial score (nSPS) is 16.5. The minimum atomic E-state index is -0.119. The first kappa shape index (κ1) is 16.9. The van der Waals surface area contributed by atoms with Gasteiger partial charge in [0, 0.05) is 0 Å². The number of carbonyl (C=O) groups excluding carboxylic acids is 1. The van der Waals surface area contributed by atoms with Gasteiger partial charge in [0.2, 0.25) is 0 Å². The van der Waals surface area contributed by atoms with Crippen molar-refractivity contribution in [2.75, 3.05) is 0 Å². The predicted molar refractivity (Wildman–Crippen MR) is 107 cm³/mol. The van der Waals surface area contributed by atoms with Gasteiger partial charge in [-0.05, 0) is 33.7 Å². The molecule has 1 fully saturated rings. The lowest BCUT2D eigenvalue weighted by atomic mass is 9.86. The fourth-order valence-corrected chi connectivity index (χ4v) is 3.55. The van der Waals surface area contributed by atoms with Crippen LogP contribution in [0, 0.1) is 0 Å². The molecule has 0 radical (unpaired) electrons. The van der Waals surface area contributed by atoms with E-state index in [0.29, 0.717) is 9.23 Å². The van der Waals surface area contributed by atoms with E-state index in [0.717, 1.165) is 11.1 Å². The van der Waals surface area contributed by atoms with Crippen LogP contribution in [0.2, 0.25) is 0 Å². The third-order valence-electron chi connectivity index (χ3n) is 3.93. The molecule has 0 spiro atoms. The number of carbonyl (C=O) groups is 1. The lowest BCUT2D eigenvalue weighted by Gasteiger charge is -2.19. The topological polar surface area (TPSA) is 29.1 Å². The van der Waals surface area contributed by atoms with Gasteiger partial charge in [-0.25, -0.2) is 0 Å². The van der Waals surface area contributed by atoms with Crippen LogP contribution >= 0.6 is 24.0 Å². The number of thioether (sulfide) groups is 1. The average molecular weight is 354 g/mol. The van der Waals surface area contributed by atoms with Crippen molar-refractivity contribution in [1.29, 1.82) is 0 Å². The van der Waals surface area contributed by atoms with Crippen LogP contribution in [-0.2, 0) is 10.2 Å². The van der Waals surface area contributed by atoms with Crippen molar-refractivity contribution < 1.29 is 4.79 Å². The van der Waals surface area contributed by atoms with Crippen LogP contribution < -0.4 is 5.32 Å². The van der Waals surface area contributed by atoms with E-state index < -0.39 is 0 Å². The number of hydrogen-bond acceptors (Lipinski definition) is 3. The van der Waals surface area contributed by atoms with Crippen LogP contribution in [0.1, 0.15) is 31.9 Å². The van der Waals surface area contributed by atoms with Crippen LogP contribution in [0.25, 0.3) is 17.2 Å². The van der Waals surface area contributed by atoms with Crippen LogP contribution in [-0.4, -0.2) is 10.2 Å². The van der Waals surface area contributed by atoms with E-state index in [-0.39, 0.29) is 11.3 Å². The van der Waals surface area contributed by atoms with Gasteiger partial charge >= 0.3 is 0 Å². The summed E-state index contributed by atoms with van der Waals surface area (Å²) in [4.78, 5) is 12.3. The fourth-order valence-electron chi connectivity index (χ4n) is 2.51. The van der Waals surface area contributed by atoms with Gasteiger partial charge in [-0.2, -0.15) is 0 Å². The number of nitrogens with one attached hydrogen (secondary N) is 1. The molecule has 0 aromatic heterocycles. The Kier molecular flexibility index (Phi) is 4.61. The highest BCUT2D eigenvalue weighted by molar-refractivity contribution is 8.26. The van der Waals surface area contributed by atoms with E-state index in [2.05, 4.69) is 62.5 Å². The summed E-state index contributed by atoms with van der Waals surface area (Å²) in [5.74, 6) is -0.119. The van der Waals surface area contributed by atoms with Crippen molar-refractivity contribution >= 4 is 40.3 Å². The van der Waals surface area contributed by atoms with Gasteiger partial charge < -0.3 is 5.32 Å². The SMILES string of the molecule is CC(C)(C)c1ccc(-c2ccc(C=C3SC(=S)NC3=O)cc2)cc1. The maximum atomic E-state index is 11.7. The molecule has 24 heavy (non-hydrogen) atoms. The second-order valence-electron chi connectivity index (χ2n) is 6.80. The summed E-state index contributed by atoms with van der Waals surface area (Å²) in [5, 5.41) is 2.63. The third kappa shape index (κ3) is 3.77. The molecule has 0 bridgehead atoms. The van der Waals surface area contributed by atoms with Crippen molar-refractivity contribution in [3.8, 4) is 11.1 Å². The number of benzene rings is 2. The zero-order valence-corrected chi connectivity index (χ0v) is 15.6. The Balaban J connectivity index is 1.81. The second-order valence-corrected chi connectivity index (χ2v) is 8.52. The van der Waals surface area contributed by atoms with E-state index >= 15 is 0 Å². The van der Waals surface area contributed by atoms with E-state index in [1.165, 1.54) is 22.9 Å². The molecular weight excluding hydrogens is 334 g/mol. The molecule has 1 heterocycles.